The largest absolute Gasteiger partial charge is 0.462 e. The Morgan fingerprint density at radius 3 is 2.51 bits per heavy atom. The fourth-order valence-corrected chi connectivity index (χ4v) is 6.56. The van der Waals surface area contributed by atoms with Gasteiger partial charge in [-0.2, -0.15) is 0 Å². The maximum atomic E-state index is 13.2. The van der Waals surface area contributed by atoms with Gasteiger partial charge in [0.05, 0.1) is 28.1 Å². The van der Waals surface area contributed by atoms with Crippen molar-refractivity contribution < 1.29 is 17.9 Å². The molecule has 1 aliphatic carbocycles. The summed E-state index contributed by atoms with van der Waals surface area (Å²) in [5.74, 6) is -0.348. The Hall–Kier alpha value is -3.90. The summed E-state index contributed by atoms with van der Waals surface area (Å²) < 4.78 is 34.2. The van der Waals surface area contributed by atoms with Gasteiger partial charge in [0, 0.05) is 4.88 Å². The van der Waals surface area contributed by atoms with Crippen molar-refractivity contribution in [1.29, 1.82) is 0 Å². The minimum Gasteiger partial charge on any atom is -0.462 e. The number of fused-ring (bicyclic) bond motifs is 2. The number of aryl methyl sites for hydroxylation is 1. The number of nitroso groups, excluding NO2 is 1. The molecular formula is C25H23N5O5S2. The molecule has 0 radical (unpaired) electrons. The van der Waals surface area contributed by atoms with Crippen LogP contribution in [0.2, 0.25) is 0 Å². The predicted octanol–water partition coefficient (Wildman–Crippen LogP) is 5.69. The van der Waals surface area contributed by atoms with Crippen molar-refractivity contribution in [3.05, 3.63) is 69.4 Å². The molecule has 0 unspecified atom stereocenters. The van der Waals surface area contributed by atoms with E-state index in [0.717, 1.165) is 36.1 Å². The number of ether oxygens (including phenoxy) is 1. The van der Waals surface area contributed by atoms with Crippen molar-refractivity contribution in [3.8, 4) is 0 Å². The van der Waals surface area contributed by atoms with Crippen LogP contribution in [0, 0.1) is 4.91 Å². The molecule has 12 heteroatoms. The standard InChI is InChI=1S/C25H23N5O5S2/c1-2-35-25(31)21-17-10-3-6-13-20(17)36-24(21)28-22-23(27-19-12-5-4-11-18(19)26-22)30-37(33,34)16-9-7-8-15(14-16)29-32/h4-5,7-9,11-12,14H,2-3,6,10,13H2,1H3,(H,26,28)(H,27,30). The second kappa shape index (κ2) is 10.2. The molecule has 0 amide bonds. The second-order valence-corrected chi connectivity index (χ2v) is 11.2. The Morgan fingerprint density at radius 1 is 1.05 bits per heavy atom. The molecule has 190 valence electrons. The molecule has 37 heavy (non-hydrogen) atoms. The third kappa shape index (κ3) is 5.02. The van der Waals surface area contributed by atoms with Gasteiger partial charge in [0.25, 0.3) is 10.0 Å². The lowest BCUT2D eigenvalue weighted by molar-refractivity contribution is 0.0526. The van der Waals surface area contributed by atoms with Crippen LogP contribution in [0.15, 0.2) is 58.6 Å². The summed E-state index contributed by atoms with van der Waals surface area (Å²) in [6, 6.07) is 12.4. The number of carbonyl (C=O) groups is 1. The van der Waals surface area contributed by atoms with Crippen LogP contribution in [0.1, 0.15) is 40.6 Å². The van der Waals surface area contributed by atoms with Crippen LogP contribution >= 0.6 is 11.3 Å². The Balaban J connectivity index is 1.60. The van der Waals surface area contributed by atoms with E-state index in [1.807, 2.05) is 0 Å². The molecule has 0 spiro atoms. The summed E-state index contributed by atoms with van der Waals surface area (Å²) in [6.45, 7) is 1.99. The highest BCUT2D eigenvalue weighted by Crippen LogP contribution is 2.41. The summed E-state index contributed by atoms with van der Waals surface area (Å²) >= 11 is 1.44. The Bertz CT molecular complexity index is 1620. The SMILES string of the molecule is CCOC(=O)c1c(Nc2nc3ccccc3nc2NS(=O)(=O)c2cccc(N=O)c2)sc2c1CCCC2. The van der Waals surface area contributed by atoms with E-state index in [2.05, 4.69) is 25.2 Å². The highest BCUT2D eigenvalue weighted by molar-refractivity contribution is 7.92. The summed E-state index contributed by atoms with van der Waals surface area (Å²) in [5, 5.41) is 6.52. The van der Waals surface area contributed by atoms with E-state index in [1.54, 1.807) is 31.2 Å². The molecule has 0 atom stereocenters. The lowest BCUT2D eigenvalue weighted by atomic mass is 9.95. The van der Waals surface area contributed by atoms with Crippen molar-refractivity contribution in [2.75, 3.05) is 16.6 Å². The fraction of sp³-hybridized carbons (Fsp3) is 0.240. The lowest BCUT2D eigenvalue weighted by Gasteiger charge is -2.14. The van der Waals surface area contributed by atoms with Crippen molar-refractivity contribution in [1.82, 2.24) is 9.97 Å². The number of esters is 1. The van der Waals surface area contributed by atoms with Gasteiger partial charge in [-0.05, 0) is 73.7 Å². The minimum atomic E-state index is -4.15. The lowest BCUT2D eigenvalue weighted by Crippen LogP contribution is -2.16. The first-order valence-corrected chi connectivity index (χ1v) is 14.0. The highest BCUT2D eigenvalue weighted by atomic mass is 32.2. The van der Waals surface area contributed by atoms with Gasteiger partial charge in [-0.15, -0.1) is 16.2 Å². The average molecular weight is 538 g/mol. The predicted molar refractivity (Wildman–Crippen MR) is 142 cm³/mol. The topological polar surface area (TPSA) is 140 Å². The van der Waals surface area contributed by atoms with Gasteiger partial charge in [-0.25, -0.2) is 23.2 Å². The first-order chi connectivity index (χ1) is 17.9. The van der Waals surface area contributed by atoms with Crippen LogP contribution in [0.4, 0.5) is 22.3 Å². The van der Waals surface area contributed by atoms with Crippen molar-refractivity contribution in [2.24, 2.45) is 5.18 Å². The van der Waals surface area contributed by atoms with E-state index in [0.29, 0.717) is 21.6 Å². The van der Waals surface area contributed by atoms with Crippen LogP contribution in [0.3, 0.4) is 0 Å². The number of thiophene rings is 1. The third-order valence-corrected chi connectivity index (χ3v) is 8.46. The molecule has 0 saturated heterocycles. The number of benzene rings is 2. The minimum absolute atomic E-state index is 0.0194. The number of aromatic nitrogens is 2. The third-order valence-electron chi connectivity index (χ3n) is 5.92. The molecule has 2 aromatic carbocycles. The van der Waals surface area contributed by atoms with Gasteiger partial charge >= 0.3 is 5.97 Å². The Morgan fingerprint density at radius 2 is 1.78 bits per heavy atom. The van der Waals surface area contributed by atoms with Gasteiger partial charge in [0.15, 0.2) is 11.6 Å². The number of para-hydroxylation sites is 2. The number of carbonyl (C=O) groups excluding carboxylic acids is 1. The molecule has 4 aromatic rings. The Kier molecular flexibility index (Phi) is 6.85. The summed E-state index contributed by atoms with van der Waals surface area (Å²) in [5.41, 5.74) is 2.42. The summed E-state index contributed by atoms with van der Waals surface area (Å²) in [6.07, 6.45) is 3.64. The Labute approximate surface area is 217 Å². The summed E-state index contributed by atoms with van der Waals surface area (Å²) in [4.78, 5) is 33.9. The smallest absolute Gasteiger partial charge is 0.341 e. The highest BCUT2D eigenvalue weighted by Gasteiger charge is 2.28. The molecule has 2 heterocycles. The normalized spacial score (nSPS) is 13.1. The number of nitrogens with zero attached hydrogens (tertiary/aromatic N) is 3. The maximum absolute atomic E-state index is 13.2. The van der Waals surface area contributed by atoms with E-state index in [1.165, 1.54) is 35.6 Å². The van der Waals surface area contributed by atoms with Crippen LogP contribution in [0.5, 0.6) is 0 Å². The molecule has 5 rings (SSSR count). The molecule has 0 bridgehead atoms. The van der Waals surface area contributed by atoms with E-state index in [-0.39, 0.29) is 28.8 Å². The number of hydrogen-bond donors (Lipinski definition) is 2. The van der Waals surface area contributed by atoms with Crippen LogP contribution < -0.4 is 10.0 Å². The number of sulfonamides is 1. The fourth-order valence-electron chi connectivity index (χ4n) is 4.23. The first-order valence-electron chi connectivity index (χ1n) is 11.7. The average Bonchev–Trinajstić information content (AvgIpc) is 3.27. The zero-order valence-corrected chi connectivity index (χ0v) is 21.5. The van der Waals surface area contributed by atoms with E-state index in [9.17, 15) is 18.1 Å². The van der Waals surface area contributed by atoms with E-state index < -0.39 is 16.0 Å². The van der Waals surface area contributed by atoms with Gasteiger partial charge in [-0.3, -0.25) is 4.72 Å². The monoisotopic (exact) mass is 537 g/mol. The van der Waals surface area contributed by atoms with E-state index in [4.69, 9.17) is 4.74 Å². The van der Waals surface area contributed by atoms with Crippen molar-refractivity contribution >= 4 is 60.7 Å². The van der Waals surface area contributed by atoms with Crippen LogP contribution in [-0.4, -0.2) is 31.0 Å². The molecule has 10 nitrogen and oxygen atoms in total. The molecular weight excluding hydrogens is 514 g/mol. The van der Waals surface area contributed by atoms with Crippen LogP contribution in [0.25, 0.3) is 11.0 Å². The van der Waals surface area contributed by atoms with Gasteiger partial charge in [-0.1, -0.05) is 18.2 Å². The molecule has 1 aliphatic rings. The quantitative estimate of drug-likeness (QED) is 0.216. The van der Waals surface area contributed by atoms with Gasteiger partial charge in [0.2, 0.25) is 0 Å². The number of hydrogen-bond acceptors (Lipinski definition) is 10. The molecule has 0 saturated carbocycles. The second-order valence-electron chi connectivity index (χ2n) is 8.36. The van der Waals surface area contributed by atoms with Crippen molar-refractivity contribution in [3.63, 3.8) is 0 Å². The van der Waals surface area contributed by atoms with Gasteiger partial charge < -0.3 is 10.1 Å². The van der Waals surface area contributed by atoms with E-state index >= 15 is 0 Å². The van der Waals surface area contributed by atoms with Crippen LogP contribution in [-0.2, 0) is 27.6 Å². The van der Waals surface area contributed by atoms with Gasteiger partial charge in [0.1, 0.15) is 10.7 Å². The zero-order valence-electron chi connectivity index (χ0n) is 19.9. The molecule has 2 aromatic heterocycles. The number of anilines is 3. The number of rotatable bonds is 8. The zero-order chi connectivity index (χ0) is 26.0. The van der Waals surface area contributed by atoms with Crippen molar-refractivity contribution in [2.45, 2.75) is 37.5 Å². The number of nitrogens with one attached hydrogen (secondary N) is 2. The molecule has 2 N–H and O–H groups in total. The first kappa shape index (κ1) is 24.8. The molecule has 0 fully saturated rings. The molecule has 0 aliphatic heterocycles. The summed E-state index contributed by atoms with van der Waals surface area (Å²) in [7, 11) is -4.15. The maximum Gasteiger partial charge on any atom is 0.341 e.